The van der Waals surface area contributed by atoms with E-state index in [1.54, 1.807) is 12.3 Å². The third kappa shape index (κ3) is 3.56. The van der Waals surface area contributed by atoms with Gasteiger partial charge in [-0.1, -0.05) is 18.2 Å². The number of para-hydroxylation sites is 1. The Hall–Kier alpha value is -2.83. The fourth-order valence-electron chi connectivity index (χ4n) is 2.28. The molecule has 0 aliphatic rings. The Balaban J connectivity index is 1.91. The van der Waals surface area contributed by atoms with Crippen LogP contribution in [0.4, 0.5) is 0 Å². The van der Waals surface area contributed by atoms with Crippen LogP contribution in [0.1, 0.15) is 12.8 Å². The third-order valence-corrected chi connectivity index (χ3v) is 4.67. The van der Waals surface area contributed by atoms with E-state index in [9.17, 15) is 5.26 Å². The van der Waals surface area contributed by atoms with E-state index < -0.39 is 0 Å². The number of rotatable bonds is 6. The van der Waals surface area contributed by atoms with Crippen LogP contribution in [-0.4, -0.2) is 15.7 Å². The van der Waals surface area contributed by atoms with Gasteiger partial charge in [-0.05, 0) is 24.6 Å². The molecule has 118 valence electrons. The van der Waals surface area contributed by atoms with Gasteiger partial charge in [0.05, 0.1) is 29.8 Å². The summed E-state index contributed by atoms with van der Waals surface area (Å²) >= 11 is 1.52. The fraction of sp³-hybridized carbons (Fsp3) is 0.222. The fourth-order valence-corrected chi connectivity index (χ4v) is 3.36. The number of hydrogen-bond acceptors (Lipinski definition) is 6. The molecule has 3 rings (SSSR count). The molecule has 0 unspecified atom stereocenters. The zero-order valence-electron chi connectivity index (χ0n) is 12.8. The minimum absolute atomic E-state index is 0.171. The van der Waals surface area contributed by atoms with Crippen LogP contribution in [0.2, 0.25) is 0 Å². The SMILES string of the molecule is N#CCC[C@H](C#N)CSc1nc(-c2ccco2)nc2ccccc12. The lowest BCUT2D eigenvalue weighted by molar-refractivity contribution is 0.577. The Kier molecular flexibility index (Phi) is 5.10. The molecule has 1 aromatic carbocycles. The summed E-state index contributed by atoms with van der Waals surface area (Å²) in [6.45, 7) is 0. The largest absolute Gasteiger partial charge is 0.461 e. The van der Waals surface area contributed by atoms with Crippen molar-refractivity contribution in [3.63, 3.8) is 0 Å². The van der Waals surface area contributed by atoms with Gasteiger partial charge >= 0.3 is 0 Å². The van der Waals surface area contributed by atoms with Gasteiger partial charge in [-0.2, -0.15) is 10.5 Å². The van der Waals surface area contributed by atoms with E-state index in [0.29, 0.717) is 30.2 Å². The van der Waals surface area contributed by atoms with E-state index in [1.165, 1.54) is 11.8 Å². The van der Waals surface area contributed by atoms with Crippen LogP contribution >= 0.6 is 11.8 Å². The van der Waals surface area contributed by atoms with Crippen molar-refractivity contribution in [2.24, 2.45) is 5.92 Å². The van der Waals surface area contributed by atoms with E-state index in [-0.39, 0.29) is 5.92 Å². The molecule has 0 amide bonds. The normalized spacial score (nSPS) is 11.8. The summed E-state index contributed by atoms with van der Waals surface area (Å²) in [5.74, 6) is 1.57. The average Bonchev–Trinajstić information content (AvgIpc) is 3.16. The summed E-state index contributed by atoms with van der Waals surface area (Å²) in [4.78, 5) is 9.16. The lowest BCUT2D eigenvalue weighted by atomic mass is 10.1. The number of aromatic nitrogens is 2. The summed E-state index contributed by atoms with van der Waals surface area (Å²) in [6.07, 6.45) is 2.56. The molecule has 0 aliphatic heterocycles. The van der Waals surface area contributed by atoms with Gasteiger partial charge in [0.1, 0.15) is 5.03 Å². The van der Waals surface area contributed by atoms with E-state index in [0.717, 1.165) is 15.9 Å². The standard InChI is InChI=1S/C18H14N4OS/c19-9-3-5-13(11-20)12-24-18-14-6-1-2-7-15(14)21-17(22-18)16-8-4-10-23-16/h1-2,4,6-8,10,13H,3,5,12H2/t13-/m1/s1. The van der Waals surface area contributed by atoms with Crippen molar-refractivity contribution >= 4 is 22.7 Å². The van der Waals surface area contributed by atoms with Gasteiger partial charge in [0.25, 0.3) is 0 Å². The number of nitrogens with zero attached hydrogens (tertiary/aromatic N) is 4. The number of furan rings is 1. The third-order valence-electron chi connectivity index (χ3n) is 3.52. The summed E-state index contributed by atoms with van der Waals surface area (Å²) in [7, 11) is 0. The number of hydrogen-bond donors (Lipinski definition) is 0. The van der Waals surface area contributed by atoms with Gasteiger partial charge in [0, 0.05) is 17.6 Å². The summed E-state index contributed by atoms with van der Waals surface area (Å²) < 4.78 is 5.40. The molecule has 5 nitrogen and oxygen atoms in total. The molecule has 2 heterocycles. The molecule has 0 aliphatic carbocycles. The molecule has 3 aromatic rings. The summed E-state index contributed by atoms with van der Waals surface area (Å²) in [6, 6.07) is 15.8. The zero-order valence-corrected chi connectivity index (χ0v) is 13.7. The molecule has 24 heavy (non-hydrogen) atoms. The monoisotopic (exact) mass is 334 g/mol. The molecule has 0 N–H and O–H groups in total. The van der Waals surface area contributed by atoms with Crippen LogP contribution in [0.3, 0.4) is 0 Å². The van der Waals surface area contributed by atoms with Gasteiger partial charge in [0.15, 0.2) is 11.6 Å². The molecule has 6 heteroatoms. The van der Waals surface area contributed by atoms with Gasteiger partial charge in [-0.25, -0.2) is 9.97 Å². The first-order chi connectivity index (χ1) is 11.8. The first-order valence-electron chi connectivity index (χ1n) is 7.52. The number of benzene rings is 1. The minimum Gasteiger partial charge on any atom is -0.461 e. The van der Waals surface area contributed by atoms with Crippen molar-refractivity contribution in [3.05, 3.63) is 42.7 Å². The highest BCUT2D eigenvalue weighted by Crippen LogP contribution is 2.30. The molecular weight excluding hydrogens is 320 g/mol. The number of nitriles is 2. The second kappa shape index (κ2) is 7.63. The maximum absolute atomic E-state index is 9.23. The van der Waals surface area contributed by atoms with Crippen LogP contribution in [0.5, 0.6) is 0 Å². The molecule has 0 fully saturated rings. The van der Waals surface area contributed by atoms with E-state index in [2.05, 4.69) is 22.1 Å². The highest BCUT2D eigenvalue weighted by atomic mass is 32.2. The quantitative estimate of drug-likeness (QED) is 0.490. The van der Waals surface area contributed by atoms with Crippen LogP contribution in [0, 0.1) is 28.6 Å². The molecule has 0 bridgehead atoms. The number of thioether (sulfide) groups is 1. The van der Waals surface area contributed by atoms with Gasteiger partial charge < -0.3 is 4.42 Å². The van der Waals surface area contributed by atoms with E-state index in [4.69, 9.17) is 9.68 Å². The minimum atomic E-state index is -0.171. The van der Waals surface area contributed by atoms with Crippen LogP contribution in [0.25, 0.3) is 22.5 Å². The molecule has 1 atom stereocenters. The predicted octanol–water partition coefficient (Wildman–Crippen LogP) is 4.43. The van der Waals surface area contributed by atoms with Crippen molar-refractivity contribution in [1.82, 2.24) is 9.97 Å². The average molecular weight is 334 g/mol. The Bertz CT molecular complexity index is 909. The Morgan fingerprint density at radius 2 is 2.00 bits per heavy atom. The molecule has 0 saturated carbocycles. The lowest BCUT2D eigenvalue weighted by Gasteiger charge is -2.09. The van der Waals surface area contributed by atoms with Crippen LogP contribution in [-0.2, 0) is 0 Å². The summed E-state index contributed by atoms with van der Waals surface area (Å²) in [5.41, 5.74) is 0.840. The first kappa shape index (κ1) is 16.0. The molecular formula is C18H14N4OS. The second-order valence-corrected chi connectivity index (χ2v) is 6.19. The predicted molar refractivity (Wildman–Crippen MR) is 91.9 cm³/mol. The highest BCUT2D eigenvalue weighted by Gasteiger charge is 2.14. The Morgan fingerprint density at radius 3 is 2.75 bits per heavy atom. The molecule has 0 saturated heterocycles. The number of fused-ring (bicyclic) bond motifs is 1. The molecule has 0 spiro atoms. The van der Waals surface area contributed by atoms with Gasteiger partial charge in [0.2, 0.25) is 0 Å². The van der Waals surface area contributed by atoms with Crippen LogP contribution < -0.4 is 0 Å². The molecule has 0 radical (unpaired) electrons. The highest BCUT2D eigenvalue weighted by molar-refractivity contribution is 7.99. The van der Waals surface area contributed by atoms with E-state index >= 15 is 0 Å². The van der Waals surface area contributed by atoms with Crippen molar-refractivity contribution in [3.8, 4) is 23.7 Å². The van der Waals surface area contributed by atoms with Crippen molar-refractivity contribution in [2.75, 3.05) is 5.75 Å². The van der Waals surface area contributed by atoms with Crippen molar-refractivity contribution in [1.29, 1.82) is 10.5 Å². The van der Waals surface area contributed by atoms with Crippen LogP contribution in [0.15, 0.2) is 52.1 Å². The second-order valence-electron chi connectivity index (χ2n) is 5.18. The van der Waals surface area contributed by atoms with E-state index in [1.807, 2.05) is 30.3 Å². The Morgan fingerprint density at radius 1 is 1.12 bits per heavy atom. The lowest BCUT2D eigenvalue weighted by Crippen LogP contribution is -2.01. The first-order valence-corrected chi connectivity index (χ1v) is 8.50. The van der Waals surface area contributed by atoms with Gasteiger partial charge in [-0.3, -0.25) is 0 Å². The smallest absolute Gasteiger partial charge is 0.197 e. The topological polar surface area (TPSA) is 86.5 Å². The zero-order chi connectivity index (χ0) is 16.8. The van der Waals surface area contributed by atoms with Gasteiger partial charge in [-0.15, -0.1) is 11.8 Å². The van der Waals surface area contributed by atoms with Crippen molar-refractivity contribution < 1.29 is 4.42 Å². The molecule has 2 aromatic heterocycles. The maximum atomic E-state index is 9.23. The summed E-state index contributed by atoms with van der Waals surface area (Å²) in [5, 5.41) is 19.7. The van der Waals surface area contributed by atoms with Crippen molar-refractivity contribution in [2.45, 2.75) is 17.9 Å². The Labute approximate surface area is 144 Å². The maximum Gasteiger partial charge on any atom is 0.197 e.